The van der Waals surface area contributed by atoms with E-state index in [9.17, 15) is 4.79 Å². The highest BCUT2D eigenvalue weighted by atomic mass is 16.2. The van der Waals surface area contributed by atoms with Crippen molar-refractivity contribution in [1.29, 1.82) is 5.26 Å². The third kappa shape index (κ3) is 2.59. The summed E-state index contributed by atoms with van der Waals surface area (Å²) in [4.78, 5) is 19.6. The lowest BCUT2D eigenvalue weighted by molar-refractivity contribution is 0.102. The number of anilines is 2. The van der Waals surface area contributed by atoms with Crippen LogP contribution in [0.25, 0.3) is 5.52 Å². The zero-order chi connectivity index (χ0) is 19.3. The Bertz CT molecular complexity index is 1090. The number of carbonyl (C=O) groups is 1. The average molecular weight is 377 g/mol. The van der Waals surface area contributed by atoms with Crippen molar-refractivity contribution in [3.63, 3.8) is 0 Å². The summed E-state index contributed by atoms with van der Waals surface area (Å²) >= 11 is 0. The van der Waals surface area contributed by atoms with E-state index in [2.05, 4.69) is 30.7 Å². The van der Waals surface area contributed by atoms with Gasteiger partial charge in [-0.1, -0.05) is 0 Å². The predicted octanol–water partition coefficient (Wildman–Crippen LogP) is 0.527. The van der Waals surface area contributed by atoms with Crippen LogP contribution in [0.1, 0.15) is 29.0 Å². The Morgan fingerprint density at radius 1 is 1.29 bits per heavy atom. The molecule has 2 N–H and O–H groups in total. The number of nitriles is 1. The molecule has 10 nitrogen and oxygen atoms in total. The Labute approximate surface area is 160 Å². The Morgan fingerprint density at radius 3 is 2.82 bits per heavy atom. The van der Waals surface area contributed by atoms with Gasteiger partial charge >= 0.3 is 0 Å². The van der Waals surface area contributed by atoms with Gasteiger partial charge < -0.3 is 15.5 Å². The summed E-state index contributed by atoms with van der Waals surface area (Å²) in [5.74, 6) is 0.295. The molecule has 2 fully saturated rings. The van der Waals surface area contributed by atoms with Crippen LogP contribution in [0.2, 0.25) is 0 Å². The molecule has 3 aromatic rings. The number of rotatable bonds is 3. The number of aryl methyl sites for hydroxylation is 1. The molecule has 0 aromatic carbocycles. The molecule has 2 bridgehead atoms. The van der Waals surface area contributed by atoms with Crippen LogP contribution in [0.15, 0.2) is 24.5 Å². The third-order valence-electron chi connectivity index (χ3n) is 5.41. The number of hydrogen-bond acceptors (Lipinski definition) is 7. The number of piperazine rings is 1. The van der Waals surface area contributed by atoms with E-state index in [0.717, 1.165) is 31.4 Å². The minimum atomic E-state index is -0.350. The first-order chi connectivity index (χ1) is 13.6. The summed E-state index contributed by atoms with van der Waals surface area (Å²) in [6.07, 6.45) is 5.59. The molecule has 0 saturated carbocycles. The van der Waals surface area contributed by atoms with Crippen molar-refractivity contribution in [3.05, 3.63) is 35.9 Å². The van der Waals surface area contributed by atoms with Crippen molar-refractivity contribution < 1.29 is 4.79 Å². The zero-order valence-electron chi connectivity index (χ0n) is 15.3. The molecule has 5 heterocycles. The smallest absolute Gasteiger partial charge is 0.274 e. The Hall–Kier alpha value is -3.45. The van der Waals surface area contributed by atoms with Crippen molar-refractivity contribution in [1.82, 2.24) is 29.7 Å². The fourth-order valence-corrected chi connectivity index (χ4v) is 4.14. The summed E-state index contributed by atoms with van der Waals surface area (Å²) in [5, 5.41) is 24.1. The lowest BCUT2D eigenvalue weighted by Crippen LogP contribution is -2.52. The van der Waals surface area contributed by atoms with Gasteiger partial charge in [0.1, 0.15) is 11.8 Å². The van der Waals surface area contributed by atoms with E-state index < -0.39 is 0 Å². The number of carbonyl (C=O) groups excluding carboxylic acids is 1. The van der Waals surface area contributed by atoms with Crippen LogP contribution in [-0.4, -0.2) is 55.5 Å². The lowest BCUT2D eigenvalue weighted by atomic mass is 10.2. The van der Waals surface area contributed by atoms with E-state index in [1.54, 1.807) is 36.1 Å². The van der Waals surface area contributed by atoms with E-state index in [4.69, 9.17) is 5.26 Å². The number of amides is 1. The minimum Gasteiger partial charge on any atom is -0.331 e. The van der Waals surface area contributed by atoms with Gasteiger partial charge in [-0.15, -0.1) is 5.10 Å². The molecule has 0 spiro atoms. The number of nitrogens with one attached hydrogen (secondary N) is 2. The highest BCUT2D eigenvalue weighted by molar-refractivity contribution is 6.04. The third-order valence-corrected chi connectivity index (χ3v) is 5.41. The topological polar surface area (TPSA) is 116 Å². The van der Waals surface area contributed by atoms with Gasteiger partial charge in [0.05, 0.1) is 17.4 Å². The first-order valence-electron chi connectivity index (χ1n) is 9.23. The fourth-order valence-electron chi connectivity index (χ4n) is 4.14. The Kier molecular flexibility index (Phi) is 3.77. The van der Waals surface area contributed by atoms with E-state index in [1.807, 2.05) is 6.07 Å². The molecule has 3 aromatic heterocycles. The number of nitrogens with zero attached hydrogens (tertiary/aromatic N) is 7. The van der Waals surface area contributed by atoms with Crippen molar-refractivity contribution in [2.45, 2.75) is 24.9 Å². The van der Waals surface area contributed by atoms with Crippen molar-refractivity contribution in [2.24, 2.45) is 7.05 Å². The molecule has 5 rings (SSSR count). The standard InChI is InChI=1S/C18H19N9O/c1-25-10-15(14(6-19)23-25)22-17(28)16-5-4-13-9-21-18(24-27(13)16)26-11-2-3-12(26)8-20-7-11/h4-5,9-12,20H,2-3,7-8H2,1H3,(H,22,28). The van der Waals surface area contributed by atoms with Crippen LogP contribution in [-0.2, 0) is 7.05 Å². The van der Waals surface area contributed by atoms with Gasteiger partial charge in [-0.3, -0.25) is 9.48 Å². The molecule has 2 aliphatic heterocycles. The normalized spacial score (nSPS) is 21.1. The molecule has 10 heteroatoms. The highest BCUT2D eigenvalue weighted by Gasteiger charge is 2.38. The van der Waals surface area contributed by atoms with Crippen LogP contribution < -0.4 is 15.5 Å². The molecule has 1 amide bonds. The summed E-state index contributed by atoms with van der Waals surface area (Å²) in [7, 11) is 1.70. The second-order valence-corrected chi connectivity index (χ2v) is 7.19. The summed E-state index contributed by atoms with van der Waals surface area (Å²) in [5.41, 5.74) is 1.67. The molecular weight excluding hydrogens is 358 g/mol. The van der Waals surface area contributed by atoms with E-state index in [0.29, 0.717) is 29.4 Å². The summed E-state index contributed by atoms with van der Waals surface area (Å²) in [6, 6.07) is 6.27. The molecule has 0 radical (unpaired) electrons. The Balaban J connectivity index is 1.48. The maximum absolute atomic E-state index is 12.8. The van der Waals surface area contributed by atoms with Gasteiger partial charge in [-0.25, -0.2) is 9.50 Å². The van der Waals surface area contributed by atoms with Gasteiger partial charge in [0.15, 0.2) is 5.69 Å². The van der Waals surface area contributed by atoms with Crippen molar-refractivity contribution in [3.8, 4) is 6.07 Å². The van der Waals surface area contributed by atoms with Crippen molar-refractivity contribution >= 4 is 23.1 Å². The van der Waals surface area contributed by atoms with Gasteiger partial charge in [0.25, 0.3) is 5.91 Å². The van der Waals surface area contributed by atoms with Crippen molar-refractivity contribution in [2.75, 3.05) is 23.3 Å². The number of hydrogen-bond donors (Lipinski definition) is 2. The quantitative estimate of drug-likeness (QED) is 0.684. The first-order valence-corrected chi connectivity index (χ1v) is 9.23. The summed E-state index contributed by atoms with van der Waals surface area (Å²) in [6.45, 7) is 1.85. The Morgan fingerprint density at radius 2 is 2.07 bits per heavy atom. The van der Waals surface area contributed by atoms with Gasteiger partial charge in [-0.2, -0.15) is 10.4 Å². The molecule has 2 atom stereocenters. The summed E-state index contributed by atoms with van der Waals surface area (Å²) < 4.78 is 3.10. The van der Waals surface area contributed by atoms with Crippen LogP contribution in [0.5, 0.6) is 0 Å². The maximum Gasteiger partial charge on any atom is 0.274 e. The predicted molar refractivity (Wildman–Crippen MR) is 101 cm³/mol. The molecule has 28 heavy (non-hydrogen) atoms. The number of aromatic nitrogens is 5. The molecule has 2 aliphatic rings. The fraction of sp³-hybridized carbons (Fsp3) is 0.389. The van der Waals surface area contributed by atoms with Crippen LogP contribution in [0.4, 0.5) is 11.6 Å². The average Bonchev–Trinajstić information content (AvgIpc) is 3.34. The largest absolute Gasteiger partial charge is 0.331 e. The minimum absolute atomic E-state index is 0.171. The van der Waals surface area contributed by atoms with Gasteiger partial charge in [0, 0.05) is 38.4 Å². The molecule has 2 unspecified atom stereocenters. The monoisotopic (exact) mass is 377 g/mol. The molecular formula is C18H19N9O. The van der Waals surface area contributed by atoms with Crippen LogP contribution >= 0.6 is 0 Å². The molecule has 2 saturated heterocycles. The first kappa shape index (κ1) is 16.7. The second-order valence-electron chi connectivity index (χ2n) is 7.19. The van der Waals surface area contributed by atoms with Crippen LogP contribution in [0.3, 0.4) is 0 Å². The lowest BCUT2D eigenvalue weighted by Gasteiger charge is -2.35. The van der Waals surface area contributed by atoms with Gasteiger partial charge in [-0.05, 0) is 25.0 Å². The SMILES string of the molecule is Cn1cc(NC(=O)c2ccc3cnc(N4C5CCC4CNC5)nn23)c(C#N)n1. The molecule has 0 aliphatic carbocycles. The highest BCUT2D eigenvalue weighted by Crippen LogP contribution is 2.30. The van der Waals surface area contributed by atoms with E-state index >= 15 is 0 Å². The zero-order valence-corrected chi connectivity index (χ0v) is 15.3. The van der Waals surface area contributed by atoms with E-state index in [1.165, 1.54) is 4.68 Å². The maximum atomic E-state index is 12.8. The van der Waals surface area contributed by atoms with Gasteiger partial charge in [0.2, 0.25) is 5.95 Å². The number of fused-ring (bicyclic) bond motifs is 3. The van der Waals surface area contributed by atoms with Crippen LogP contribution in [0, 0.1) is 11.3 Å². The molecule has 142 valence electrons. The second kappa shape index (κ2) is 6.31. The van der Waals surface area contributed by atoms with E-state index in [-0.39, 0.29) is 11.6 Å².